The number of hydrogen-bond acceptors (Lipinski definition) is 5. The smallest absolute Gasteiger partial charge is 0.247 e. The number of rotatable bonds is 4. The van der Waals surface area contributed by atoms with E-state index in [9.17, 15) is 0 Å². The third-order valence-corrected chi connectivity index (χ3v) is 4.17. The van der Waals surface area contributed by atoms with E-state index in [1.165, 1.54) is 5.56 Å². The maximum absolute atomic E-state index is 5.90. The first-order valence-corrected chi connectivity index (χ1v) is 8.15. The largest absolute Gasteiger partial charge is 0.419 e. The Morgan fingerprint density at radius 2 is 1.71 bits per heavy atom. The highest BCUT2D eigenvalue weighted by molar-refractivity contribution is 5.51. The molecule has 1 unspecified atom stereocenters. The summed E-state index contributed by atoms with van der Waals surface area (Å²) in [6.45, 7) is 3.05. The Bertz CT molecular complexity index is 774. The van der Waals surface area contributed by atoms with Gasteiger partial charge in [0.05, 0.1) is 19.3 Å². The summed E-state index contributed by atoms with van der Waals surface area (Å²) in [5.41, 5.74) is 2.15. The minimum absolute atomic E-state index is 0.0939. The van der Waals surface area contributed by atoms with Crippen LogP contribution in [0.1, 0.15) is 17.6 Å². The van der Waals surface area contributed by atoms with Crippen molar-refractivity contribution >= 4 is 0 Å². The minimum Gasteiger partial charge on any atom is -0.419 e. The molecule has 1 fully saturated rings. The molecule has 3 aromatic rings. The molecule has 0 bridgehead atoms. The van der Waals surface area contributed by atoms with Crippen molar-refractivity contribution in [1.82, 2.24) is 15.1 Å². The Hall–Kier alpha value is -2.50. The Morgan fingerprint density at radius 3 is 2.50 bits per heavy atom. The van der Waals surface area contributed by atoms with Gasteiger partial charge in [0.15, 0.2) is 0 Å². The predicted octanol–water partition coefficient (Wildman–Crippen LogP) is 3.31. The lowest BCUT2D eigenvalue weighted by molar-refractivity contribution is -0.0351. The second-order valence-electron chi connectivity index (χ2n) is 5.87. The summed E-state index contributed by atoms with van der Waals surface area (Å²) < 4.78 is 11.7. The first-order valence-electron chi connectivity index (χ1n) is 8.15. The maximum Gasteiger partial charge on any atom is 0.247 e. The second-order valence-corrected chi connectivity index (χ2v) is 5.87. The summed E-state index contributed by atoms with van der Waals surface area (Å²) in [6.07, 6.45) is 0.0939. The average Bonchev–Trinajstić information content (AvgIpc) is 3.12. The predicted molar refractivity (Wildman–Crippen MR) is 90.1 cm³/mol. The highest BCUT2D eigenvalue weighted by atomic mass is 16.5. The molecule has 4 rings (SSSR count). The van der Waals surface area contributed by atoms with E-state index < -0.39 is 0 Å². The van der Waals surface area contributed by atoms with Gasteiger partial charge in [-0.25, -0.2) is 0 Å². The number of benzene rings is 2. The molecule has 0 spiro atoms. The van der Waals surface area contributed by atoms with Crippen molar-refractivity contribution in [2.75, 3.05) is 19.7 Å². The van der Waals surface area contributed by atoms with Crippen molar-refractivity contribution in [2.45, 2.75) is 12.6 Å². The molecule has 5 heteroatoms. The fourth-order valence-electron chi connectivity index (χ4n) is 2.92. The topological polar surface area (TPSA) is 51.4 Å². The minimum atomic E-state index is 0.0939. The lowest BCUT2D eigenvalue weighted by Crippen LogP contribution is -2.37. The molecule has 0 radical (unpaired) electrons. The molecule has 2 aromatic carbocycles. The van der Waals surface area contributed by atoms with Crippen molar-refractivity contribution in [1.29, 1.82) is 0 Å². The number of morpholine rings is 1. The van der Waals surface area contributed by atoms with Crippen LogP contribution in [0.25, 0.3) is 11.5 Å². The molecule has 1 aliphatic rings. The van der Waals surface area contributed by atoms with Gasteiger partial charge in [-0.1, -0.05) is 48.5 Å². The van der Waals surface area contributed by atoms with E-state index in [-0.39, 0.29) is 6.10 Å². The van der Waals surface area contributed by atoms with Gasteiger partial charge in [0.1, 0.15) is 0 Å². The van der Waals surface area contributed by atoms with Crippen LogP contribution in [0.15, 0.2) is 65.1 Å². The lowest BCUT2D eigenvalue weighted by Gasteiger charge is -2.32. The van der Waals surface area contributed by atoms with Crippen molar-refractivity contribution in [3.8, 4) is 11.5 Å². The van der Waals surface area contributed by atoms with Gasteiger partial charge in [-0.2, -0.15) is 0 Å². The van der Waals surface area contributed by atoms with Gasteiger partial charge < -0.3 is 9.15 Å². The van der Waals surface area contributed by atoms with E-state index in [2.05, 4.69) is 27.2 Å². The van der Waals surface area contributed by atoms with Gasteiger partial charge in [-0.15, -0.1) is 10.2 Å². The Balaban J connectivity index is 1.43. The Morgan fingerprint density at radius 1 is 0.958 bits per heavy atom. The summed E-state index contributed by atoms with van der Waals surface area (Å²) in [5, 5.41) is 8.34. The summed E-state index contributed by atoms with van der Waals surface area (Å²) in [5.74, 6) is 1.21. The zero-order chi connectivity index (χ0) is 16.2. The number of ether oxygens (including phenoxy) is 1. The third-order valence-electron chi connectivity index (χ3n) is 4.17. The maximum atomic E-state index is 5.90. The fourth-order valence-corrected chi connectivity index (χ4v) is 2.92. The SMILES string of the molecule is c1ccc(-c2nnc(CN3CCOC(c4ccccc4)C3)o2)cc1. The van der Waals surface area contributed by atoms with E-state index in [4.69, 9.17) is 9.15 Å². The second kappa shape index (κ2) is 6.95. The van der Waals surface area contributed by atoms with Gasteiger partial charge in [-0.3, -0.25) is 4.90 Å². The molecule has 24 heavy (non-hydrogen) atoms. The molecule has 1 atom stereocenters. The van der Waals surface area contributed by atoms with E-state index in [0.29, 0.717) is 24.9 Å². The highest BCUT2D eigenvalue weighted by Gasteiger charge is 2.23. The molecule has 1 saturated heterocycles. The van der Waals surface area contributed by atoms with Crippen molar-refractivity contribution < 1.29 is 9.15 Å². The van der Waals surface area contributed by atoms with Crippen LogP contribution in [-0.2, 0) is 11.3 Å². The van der Waals surface area contributed by atoms with Gasteiger partial charge in [0.2, 0.25) is 11.8 Å². The number of hydrogen-bond donors (Lipinski definition) is 0. The number of nitrogens with zero attached hydrogens (tertiary/aromatic N) is 3. The van der Waals surface area contributed by atoms with E-state index >= 15 is 0 Å². The van der Waals surface area contributed by atoms with E-state index in [1.807, 2.05) is 48.5 Å². The molecular formula is C19H19N3O2. The summed E-state index contributed by atoms with van der Waals surface area (Å²) in [6, 6.07) is 20.2. The molecule has 1 aliphatic heterocycles. The molecule has 0 amide bonds. The van der Waals surface area contributed by atoms with Crippen LogP contribution in [-0.4, -0.2) is 34.8 Å². The summed E-state index contributed by atoms with van der Waals surface area (Å²) in [4.78, 5) is 2.30. The van der Waals surface area contributed by atoms with Crippen LogP contribution in [0, 0.1) is 0 Å². The van der Waals surface area contributed by atoms with Crippen LogP contribution in [0.4, 0.5) is 0 Å². The van der Waals surface area contributed by atoms with Gasteiger partial charge in [0.25, 0.3) is 0 Å². The third kappa shape index (κ3) is 3.37. The van der Waals surface area contributed by atoms with E-state index in [1.54, 1.807) is 0 Å². The van der Waals surface area contributed by atoms with Crippen LogP contribution < -0.4 is 0 Å². The Kier molecular flexibility index (Phi) is 4.36. The standard InChI is InChI=1S/C19H19N3O2/c1-3-7-15(8-4-1)17-13-22(11-12-23-17)14-18-20-21-19(24-18)16-9-5-2-6-10-16/h1-10,17H,11-14H2. The highest BCUT2D eigenvalue weighted by Crippen LogP contribution is 2.23. The lowest BCUT2D eigenvalue weighted by atomic mass is 10.1. The van der Waals surface area contributed by atoms with Crippen LogP contribution in [0.3, 0.4) is 0 Å². The average molecular weight is 321 g/mol. The van der Waals surface area contributed by atoms with Crippen LogP contribution >= 0.6 is 0 Å². The van der Waals surface area contributed by atoms with Gasteiger partial charge >= 0.3 is 0 Å². The van der Waals surface area contributed by atoms with Gasteiger partial charge in [0, 0.05) is 18.7 Å². The first kappa shape index (κ1) is 15.1. The fraction of sp³-hybridized carbons (Fsp3) is 0.263. The van der Waals surface area contributed by atoms with Crippen LogP contribution in [0.5, 0.6) is 0 Å². The monoisotopic (exact) mass is 321 g/mol. The van der Waals surface area contributed by atoms with E-state index in [0.717, 1.165) is 18.7 Å². The Labute approximate surface area is 140 Å². The van der Waals surface area contributed by atoms with Crippen molar-refractivity contribution in [2.24, 2.45) is 0 Å². The normalized spacial score (nSPS) is 18.6. The molecule has 122 valence electrons. The molecule has 0 N–H and O–H groups in total. The summed E-state index contributed by atoms with van der Waals surface area (Å²) in [7, 11) is 0. The van der Waals surface area contributed by atoms with Crippen LogP contribution in [0.2, 0.25) is 0 Å². The van der Waals surface area contributed by atoms with Crippen molar-refractivity contribution in [3.05, 3.63) is 72.1 Å². The molecule has 2 heterocycles. The molecule has 0 aliphatic carbocycles. The first-order chi connectivity index (χ1) is 11.9. The molecule has 0 saturated carbocycles. The molecular weight excluding hydrogens is 302 g/mol. The quantitative estimate of drug-likeness (QED) is 0.738. The number of aromatic nitrogens is 2. The zero-order valence-corrected chi connectivity index (χ0v) is 13.3. The zero-order valence-electron chi connectivity index (χ0n) is 13.3. The summed E-state index contributed by atoms with van der Waals surface area (Å²) >= 11 is 0. The van der Waals surface area contributed by atoms with Crippen molar-refractivity contribution in [3.63, 3.8) is 0 Å². The molecule has 5 nitrogen and oxygen atoms in total. The van der Waals surface area contributed by atoms with Gasteiger partial charge in [-0.05, 0) is 17.7 Å². The molecule has 1 aromatic heterocycles.